The van der Waals surface area contributed by atoms with Crippen LogP contribution in [0.25, 0.3) is 115 Å². The molecule has 12 heteroatoms. The number of hydrogen-bond donors (Lipinski definition) is 0. The molecule has 0 atom stereocenters. The van der Waals surface area contributed by atoms with E-state index in [-0.39, 0.29) is 0 Å². The fourth-order valence-electron chi connectivity index (χ4n) is 13.7. The number of nitrogens with zero attached hydrogens (tertiary/aromatic N) is 12. The number of unbranched alkanes of at least 4 members (excludes halogenated alkanes) is 21. The van der Waals surface area contributed by atoms with E-state index in [0.717, 1.165) is 88.2 Å². The van der Waals surface area contributed by atoms with E-state index in [0.29, 0.717) is 0 Å². The Balaban J connectivity index is 0.971. The summed E-state index contributed by atoms with van der Waals surface area (Å²) < 4.78 is 13.4. The average molecular weight is 1120 g/mol. The number of aryl methyl sites for hydroxylation is 3. The molecule has 7 aromatic heterocycles. The van der Waals surface area contributed by atoms with Gasteiger partial charge in [-0.15, -0.1) is 15.3 Å². The Morgan fingerprint density at radius 1 is 0.262 bits per heavy atom. The van der Waals surface area contributed by atoms with Gasteiger partial charge in [-0.05, 0) is 110 Å². The molecule has 0 saturated carbocycles. The lowest BCUT2D eigenvalue weighted by Crippen LogP contribution is -1.98. The molecule has 18 bridgehead atoms. The zero-order valence-corrected chi connectivity index (χ0v) is 50.1. The van der Waals surface area contributed by atoms with Crippen molar-refractivity contribution in [2.75, 3.05) is 0 Å². The summed E-state index contributed by atoms with van der Waals surface area (Å²) in [5.74, 6) is 0. The lowest BCUT2D eigenvalue weighted by atomic mass is 10.1. The number of benzene rings is 6. The molecule has 0 saturated heterocycles. The summed E-state index contributed by atoms with van der Waals surface area (Å²) in [7, 11) is 0. The van der Waals surface area contributed by atoms with E-state index in [9.17, 15) is 0 Å². The first-order valence-electron chi connectivity index (χ1n) is 32.5. The number of fused-ring (bicyclic) bond motifs is 18. The van der Waals surface area contributed by atoms with Crippen LogP contribution < -0.4 is 0 Å². The van der Waals surface area contributed by atoms with Gasteiger partial charge < -0.3 is 13.7 Å². The molecule has 7 heterocycles. The molecule has 0 radical (unpaired) electrons. The molecule has 84 heavy (non-hydrogen) atoms. The van der Waals surface area contributed by atoms with Gasteiger partial charge >= 0.3 is 0 Å². The largest absolute Gasteiger partial charge is 0.340 e. The van der Waals surface area contributed by atoms with Crippen molar-refractivity contribution in [1.82, 2.24) is 58.2 Å². The lowest BCUT2D eigenvalue weighted by molar-refractivity contribution is 0.553. The van der Waals surface area contributed by atoms with Crippen molar-refractivity contribution in [2.24, 2.45) is 0 Å². The minimum absolute atomic E-state index is 0.834. The standard InChI is InChI=1S/C72H84N12/c1-4-7-10-13-16-19-22-25-40-79-67-34-28-52-43-58(67)61-46-55(31-37-70(61)79)82-50-65(74-76-82)53-29-35-68-59(44-53)63-48-57(33-39-72(63)80(68)41-26-23-20-17-14-11-8-5-2)84-51-66(75-78-84)54-30-36-69-60(45-54)62-47-56(83-49-64(52)73-77-83)32-38-71(62)81(69)42-27-24-21-18-15-12-9-6-3/h28-39,43-51H,4-27,40-42H2,1-3H3. The van der Waals surface area contributed by atoms with Gasteiger partial charge in [0.1, 0.15) is 16.6 Å². The molecule has 0 aliphatic heterocycles. The predicted octanol–water partition coefficient (Wildman–Crippen LogP) is 19.7. The van der Waals surface area contributed by atoms with Crippen molar-refractivity contribution < 1.29 is 0 Å². The summed E-state index contributed by atoms with van der Waals surface area (Å²) in [5, 5.41) is 39.3. The fraction of sp³-hybridized carbons (Fsp3) is 0.417. The van der Waals surface area contributed by atoms with Crippen LogP contribution in [0, 0.1) is 0 Å². The van der Waals surface area contributed by atoms with Crippen molar-refractivity contribution in [3.8, 4) is 0 Å². The molecule has 0 aliphatic rings. The molecule has 13 rings (SSSR count). The van der Waals surface area contributed by atoms with Crippen LogP contribution in [0.3, 0.4) is 0 Å². The molecule has 6 aromatic carbocycles. The highest BCUT2D eigenvalue weighted by atomic mass is 15.4. The molecule has 12 nitrogen and oxygen atoms in total. The summed E-state index contributed by atoms with van der Waals surface area (Å²) in [6, 6.07) is 41.0. The number of hydrogen-bond acceptors (Lipinski definition) is 6. The van der Waals surface area contributed by atoms with Gasteiger partial charge in [-0.1, -0.05) is 189 Å². The van der Waals surface area contributed by atoms with Gasteiger partial charge in [0, 0.05) is 101 Å². The SMILES string of the molecule is CCCCCCCCCCn1c2ccc3cc2c2cc(ccc21)n1cc(nn1)c1ccc2c(c1)c1cc(ccc1n2CCCCCCCCCC)n1cc(nn1)c1ccc2c(c1)c1cc(ccc1n2CCCCCCCCCC)n1cc3nn1. The first-order valence-corrected chi connectivity index (χ1v) is 32.5. The fourth-order valence-corrected chi connectivity index (χ4v) is 13.7. The Bertz CT molecular complexity index is 3850. The van der Waals surface area contributed by atoms with E-state index in [1.807, 2.05) is 13.5 Å². The van der Waals surface area contributed by atoms with Crippen molar-refractivity contribution in [1.29, 1.82) is 0 Å². The molecular formula is C72H84N12. The second-order valence-electron chi connectivity index (χ2n) is 24.3. The quantitative estimate of drug-likeness (QED) is 0.0475. The van der Waals surface area contributed by atoms with Gasteiger partial charge in [0.2, 0.25) is 0 Å². The van der Waals surface area contributed by atoms with Gasteiger partial charge in [0.15, 0.2) is 0 Å². The highest BCUT2D eigenvalue weighted by Crippen LogP contribution is 2.36. The Kier molecular flexibility index (Phi) is 16.8. The van der Waals surface area contributed by atoms with Gasteiger partial charge in [0.25, 0.3) is 0 Å². The second-order valence-corrected chi connectivity index (χ2v) is 24.3. The Hall–Kier alpha value is -7.86. The third kappa shape index (κ3) is 11.3. The zero-order valence-electron chi connectivity index (χ0n) is 50.1. The van der Waals surface area contributed by atoms with Crippen molar-refractivity contribution in [2.45, 2.75) is 195 Å². The number of rotatable bonds is 27. The monoisotopic (exact) mass is 1120 g/mol. The van der Waals surface area contributed by atoms with Crippen LogP contribution in [0.4, 0.5) is 0 Å². The van der Waals surface area contributed by atoms with E-state index >= 15 is 0 Å². The van der Waals surface area contributed by atoms with Crippen LogP contribution in [0.15, 0.2) is 128 Å². The van der Waals surface area contributed by atoms with Gasteiger partial charge in [-0.25, -0.2) is 13.5 Å². The van der Waals surface area contributed by atoms with Gasteiger partial charge in [-0.2, -0.15) is 0 Å². The summed E-state index contributed by atoms with van der Waals surface area (Å²) in [4.78, 5) is 0. The third-order valence-corrected chi connectivity index (χ3v) is 18.4. The van der Waals surface area contributed by atoms with Crippen molar-refractivity contribution >= 4 is 115 Å². The van der Waals surface area contributed by atoms with Crippen LogP contribution in [0.1, 0.15) is 175 Å². The van der Waals surface area contributed by atoms with E-state index in [1.165, 1.54) is 200 Å². The predicted molar refractivity (Wildman–Crippen MR) is 352 cm³/mol. The van der Waals surface area contributed by atoms with E-state index < -0.39 is 0 Å². The smallest absolute Gasteiger partial charge is 0.113 e. The molecule has 0 amide bonds. The van der Waals surface area contributed by atoms with Crippen LogP contribution in [-0.4, -0.2) is 58.2 Å². The van der Waals surface area contributed by atoms with Gasteiger partial charge in [0.05, 0.1) is 35.1 Å². The minimum Gasteiger partial charge on any atom is -0.340 e. The van der Waals surface area contributed by atoms with E-state index in [4.69, 9.17) is 30.9 Å². The molecule has 0 aliphatic carbocycles. The van der Waals surface area contributed by atoms with Crippen LogP contribution >= 0.6 is 0 Å². The number of aromatic nitrogens is 12. The van der Waals surface area contributed by atoms with Gasteiger partial charge in [-0.3, -0.25) is 0 Å². The third-order valence-electron chi connectivity index (χ3n) is 18.4. The summed E-state index contributed by atoms with van der Waals surface area (Å²) >= 11 is 0. The Labute approximate surface area is 492 Å². The molecule has 0 fully saturated rings. The molecular weight excluding hydrogens is 1030 g/mol. The first-order chi connectivity index (χ1) is 41.5. The maximum absolute atomic E-state index is 4.86. The second kappa shape index (κ2) is 25.6. The normalized spacial score (nSPS) is 12.3. The maximum Gasteiger partial charge on any atom is 0.113 e. The topological polar surface area (TPSA) is 105 Å². The van der Waals surface area contributed by atoms with Crippen LogP contribution in [0.2, 0.25) is 0 Å². The summed E-state index contributed by atoms with van der Waals surface area (Å²) in [6.45, 7) is 9.78. The molecule has 0 spiro atoms. The molecule has 13 aromatic rings. The Morgan fingerprint density at radius 3 is 0.774 bits per heavy atom. The lowest BCUT2D eigenvalue weighted by Gasteiger charge is -2.08. The van der Waals surface area contributed by atoms with Crippen LogP contribution in [-0.2, 0) is 19.6 Å². The molecule has 432 valence electrons. The zero-order chi connectivity index (χ0) is 56.8. The van der Waals surface area contributed by atoms with Crippen LogP contribution in [0.5, 0.6) is 0 Å². The summed E-state index contributed by atoms with van der Waals surface area (Å²) in [6.07, 6.45) is 37.2. The Morgan fingerprint density at radius 2 is 0.500 bits per heavy atom. The average Bonchev–Trinajstić information content (AvgIpc) is 3.18. The van der Waals surface area contributed by atoms with Crippen molar-refractivity contribution in [3.63, 3.8) is 0 Å². The maximum atomic E-state index is 4.86. The van der Waals surface area contributed by atoms with E-state index in [1.54, 1.807) is 0 Å². The summed E-state index contributed by atoms with van der Waals surface area (Å²) in [5.41, 5.74) is 12.8. The van der Waals surface area contributed by atoms with E-state index in [2.05, 4.69) is 162 Å². The highest BCUT2D eigenvalue weighted by Gasteiger charge is 2.17. The van der Waals surface area contributed by atoms with Crippen molar-refractivity contribution in [3.05, 3.63) is 128 Å². The molecule has 0 N–H and O–H groups in total. The minimum atomic E-state index is 0.834. The highest BCUT2D eigenvalue weighted by molar-refractivity contribution is 6.14. The first kappa shape index (κ1) is 55.3. The molecule has 0 unspecified atom stereocenters.